The van der Waals surface area contributed by atoms with Crippen molar-refractivity contribution in [3.8, 4) is 0 Å². The van der Waals surface area contributed by atoms with Crippen molar-refractivity contribution >= 4 is 40.4 Å². The maximum absolute atomic E-state index is 12.6. The van der Waals surface area contributed by atoms with Crippen molar-refractivity contribution in [3.63, 3.8) is 0 Å². The molecule has 0 spiro atoms. The molecule has 3 aromatic rings. The van der Waals surface area contributed by atoms with E-state index in [0.717, 1.165) is 20.9 Å². The van der Waals surface area contributed by atoms with Gasteiger partial charge in [0.15, 0.2) is 5.13 Å². The molecule has 0 atom stereocenters. The standard InChI is InChI=1S/C25H24N4O3S/c1-16(2)19-10-8-18(9-11-19)12-20-14-26-24(33-20)28-22(30)15-29-23(31)21(27-25(29)32)13-17-6-4-3-5-7-17/h3-11,13-14,16H,12,15H2,1-2H3,(H,27,32)(H,26,28,30)/b21-13-. The Kier molecular flexibility index (Phi) is 6.65. The number of amides is 4. The molecule has 2 heterocycles. The zero-order valence-corrected chi connectivity index (χ0v) is 19.2. The fraction of sp³-hybridized carbons (Fsp3) is 0.200. The van der Waals surface area contributed by atoms with Crippen LogP contribution in [0.5, 0.6) is 0 Å². The average molecular weight is 461 g/mol. The second-order valence-corrected chi connectivity index (χ2v) is 9.16. The summed E-state index contributed by atoms with van der Waals surface area (Å²) in [4.78, 5) is 43.4. The van der Waals surface area contributed by atoms with Crippen LogP contribution in [-0.4, -0.2) is 34.3 Å². The van der Waals surface area contributed by atoms with E-state index in [1.165, 1.54) is 16.9 Å². The Morgan fingerprint density at radius 3 is 2.55 bits per heavy atom. The second-order valence-electron chi connectivity index (χ2n) is 8.04. The number of imide groups is 1. The Morgan fingerprint density at radius 2 is 1.85 bits per heavy atom. The molecule has 1 aromatic heterocycles. The average Bonchev–Trinajstić information content (AvgIpc) is 3.33. The van der Waals surface area contributed by atoms with Crippen molar-refractivity contribution in [1.29, 1.82) is 0 Å². The summed E-state index contributed by atoms with van der Waals surface area (Å²) in [5.74, 6) is -0.538. The lowest BCUT2D eigenvalue weighted by molar-refractivity contribution is -0.127. The number of nitrogens with zero attached hydrogens (tertiary/aromatic N) is 2. The van der Waals surface area contributed by atoms with E-state index in [4.69, 9.17) is 0 Å². The summed E-state index contributed by atoms with van der Waals surface area (Å²) in [5, 5.41) is 5.63. The number of hydrogen-bond donors (Lipinski definition) is 2. The van der Waals surface area contributed by atoms with Gasteiger partial charge in [-0.15, -0.1) is 11.3 Å². The third-order valence-corrected chi connectivity index (χ3v) is 6.11. The molecule has 0 unspecified atom stereocenters. The van der Waals surface area contributed by atoms with Crippen molar-refractivity contribution in [2.45, 2.75) is 26.2 Å². The van der Waals surface area contributed by atoms with E-state index in [-0.39, 0.29) is 12.2 Å². The minimum Gasteiger partial charge on any atom is -0.303 e. The minimum absolute atomic E-state index is 0.138. The molecule has 2 N–H and O–H groups in total. The van der Waals surface area contributed by atoms with Crippen LogP contribution < -0.4 is 10.6 Å². The molecule has 4 amide bonds. The first-order valence-electron chi connectivity index (χ1n) is 10.6. The number of thiazole rings is 1. The first-order chi connectivity index (χ1) is 15.9. The van der Waals surface area contributed by atoms with Gasteiger partial charge in [0.25, 0.3) is 5.91 Å². The van der Waals surface area contributed by atoms with Crippen LogP contribution in [0.15, 0.2) is 66.5 Å². The van der Waals surface area contributed by atoms with Gasteiger partial charge in [-0.3, -0.25) is 9.59 Å². The lowest BCUT2D eigenvalue weighted by atomic mass is 10.0. The molecule has 1 aliphatic rings. The predicted molar refractivity (Wildman–Crippen MR) is 129 cm³/mol. The van der Waals surface area contributed by atoms with Crippen LogP contribution in [-0.2, 0) is 16.0 Å². The third-order valence-electron chi connectivity index (χ3n) is 5.20. The van der Waals surface area contributed by atoms with Gasteiger partial charge in [0.05, 0.1) is 0 Å². The van der Waals surface area contributed by atoms with Gasteiger partial charge in [-0.1, -0.05) is 68.4 Å². The van der Waals surface area contributed by atoms with Gasteiger partial charge in [-0.2, -0.15) is 0 Å². The third kappa shape index (κ3) is 5.53. The minimum atomic E-state index is -0.623. The van der Waals surface area contributed by atoms with Gasteiger partial charge in [0.1, 0.15) is 12.2 Å². The highest BCUT2D eigenvalue weighted by Crippen LogP contribution is 2.23. The van der Waals surface area contributed by atoms with Gasteiger partial charge < -0.3 is 10.6 Å². The van der Waals surface area contributed by atoms with Crippen molar-refractivity contribution in [3.05, 3.63) is 88.1 Å². The maximum atomic E-state index is 12.6. The molecular formula is C25H24N4O3S. The zero-order chi connectivity index (χ0) is 23.4. The van der Waals surface area contributed by atoms with Crippen LogP contribution in [0, 0.1) is 0 Å². The van der Waals surface area contributed by atoms with Gasteiger partial charge in [-0.05, 0) is 28.7 Å². The number of aromatic nitrogens is 1. The van der Waals surface area contributed by atoms with Gasteiger partial charge in [0.2, 0.25) is 5.91 Å². The highest BCUT2D eigenvalue weighted by Gasteiger charge is 2.35. The number of hydrogen-bond acceptors (Lipinski definition) is 5. The van der Waals surface area contributed by atoms with E-state index >= 15 is 0 Å². The first-order valence-corrected chi connectivity index (χ1v) is 11.4. The lowest BCUT2D eigenvalue weighted by Gasteiger charge is -2.10. The van der Waals surface area contributed by atoms with Crippen LogP contribution in [0.2, 0.25) is 0 Å². The fourth-order valence-electron chi connectivity index (χ4n) is 3.40. The van der Waals surface area contributed by atoms with Gasteiger partial charge in [0, 0.05) is 17.5 Å². The Balaban J connectivity index is 1.34. The molecule has 0 aliphatic carbocycles. The number of benzene rings is 2. The van der Waals surface area contributed by atoms with Crippen molar-refractivity contribution < 1.29 is 14.4 Å². The molecule has 168 valence electrons. The summed E-state index contributed by atoms with van der Waals surface area (Å²) in [6, 6.07) is 17.0. The highest BCUT2D eigenvalue weighted by molar-refractivity contribution is 7.15. The highest BCUT2D eigenvalue weighted by atomic mass is 32.1. The molecule has 4 rings (SSSR count). The van der Waals surface area contributed by atoms with Crippen LogP contribution in [0.4, 0.5) is 9.93 Å². The number of rotatable bonds is 7. The van der Waals surface area contributed by atoms with Gasteiger partial charge >= 0.3 is 6.03 Å². The monoisotopic (exact) mass is 460 g/mol. The molecule has 0 radical (unpaired) electrons. The summed E-state index contributed by atoms with van der Waals surface area (Å²) >= 11 is 1.37. The summed E-state index contributed by atoms with van der Waals surface area (Å²) in [7, 11) is 0. The van der Waals surface area contributed by atoms with Gasteiger partial charge in [-0.25, -0.2) is 14.7 Å². The van der Waals surface area contributed by atoms with E-state index in [0.29, 0.717) is 17.5 Å². The quantitative estimate of drug-likeness (QED) is 0.404. The molecule has 2 aromatic carbocycles. The Labute approximate surface area is 196 Å². The Bertz CT molecular complexity index is 1200. The number of carbonyl (C=O) groups excluding carboxylic acids is 3. The van der Waals surface area contributed by atoms with Crippen molar-refractivity contribution in [2.75, 3.05) is 11.9 Å². The van der Waals surface area contributed by atoms with Crippen LogP contribution in [0.25, 0.3) is 6.08 Å². The molecule has 0 saturated carbocycles. The van der Waals surface area contributed by atoms with Crippen LogP contribution >= 0.6 is 11.3 Å². The number of nitrogens with one attached hydrogen (secondary N) is 2. The summed E-state index contributed by atoms with van der Waals surface area (Å²) in [6.07, 6.45) is 4.02. The Hall–Kier alpha value is -3.78. The molecule has 8 heteroatoms. The topological polar surface area (TPSA) is 91.4 Å². The summed E-state index contributed by atoms with van der Waals surface area (Å²) < 4.78 is 0. The normalized spacial score (nSPS) is 14.8. The summed E-state index contributed by atoms with van der Waals surface area (Å²) in [6.45, 7) is 3.93. The number of urea groups is 1. The van der Waals surface area contributed by atoms with E-state index in [2.05, 4.69) is 53.7 Å². The van der Waals surface area contributed by atoms with Crippen LogP contribution in [0.1, 0.15) is 41.3 Å². The maximum Gasteiger partial charge on any atom is 0.329 e. The number of anilines is 1. The lowest BCUT2D eigenvalue weighted by Crippen LogP contribution is -2.38. The molecule has 1 fully saturated rings. The van der Waals surface area contributed by atoms with E-state index in [1.54, 1.807) is 12.3 Å². The molecule has 0 bridgehead atoms. The second kappa shape index (κ2) is 9.79. The smallest absolute Gasteiger partial charge is 0.303 e. The van der Waals surface area contributed by atoms with E-state index in [1.807, 2.05) is 30.3 Å². The molecule has 1 saturated heterocycles. The Morgan fingerprint density at radius 1 is 1.12 bits per heavy atom. The largest absolute Gasteiger partial charge is 0.329 e. The first kappa shape index (κ1) is 22.4. The molecule has 1 aliphatic heterocycles. The molecule has 7 nitrogen and oxygen atoms in total. The molecular weight excluding hydrogens is 436 g/mol. The van der Waals surface area contributed by atoms with E-state index < -0.39 is 17.8 Å². The fourth-order valence-corrected chi connectivity index (χ4v) is 4.27. The predicted octanol–water partition coefficient (Wildman–Crippen LogP) is 4.39. The van der Waals surface area contributed by atoms with Crippen LogP contribution in [0.3, 0.4) is 0 Å². The SMILES string of the molecule is CC(C)c1ccc(Cc2cnc(NC(=O)CN3C(=O)N/C(=C\c4ccccc4)C3=O)s2)cc1. The zero-order valence-electron chi connectivity index (χ0n) is 18.4. The van der Waals surface area contributed by atoms with Crippen molar-refractivity contribution in [1.82, 2.24) is 15.2 Å². The van der Waals surface area contributed by atoms with E-state index in [9.17, 15) is 14.4 Å². The summed E-state index contributed by atoms with van der Waals surface area (Å²) in [5.41, 5.74) is 3.37. The van der Waals surface area contributed by atoms with Crippen molar-refractivity contribution in [2.24, 2.45) is 0 Å². The molecule has 33 heavy (non-hydrogen) atoms. The number of carbonyl (C=O) groups is 3.